The minimum atomic E-state index is -0.190. The fraction of sp³-hybridized carbons (Fsp3) is 0.429. The van der Waals surface area contributed by atoms with Crippen LogP contribution >= 0.6 is 0 Å². The smallest absolute Gasteiger partial charge is 0.128 e. The van der Waals surface area contributed by atoms with Gasteiger partial charge >= 0.3 is 0 Å². The van der Waals surface area contributed by atoms with Gasteiger partial charge < -0.3 is 10.1 Å². The number of likely N-dealkylation sites (N-methyl/N-ethyl adjacent to an activating group) is 1. The summed E-state index contributed by atoms with van der Waals surface area (Å²) in [7, 11) is 1.82. The highest BCUT2D eigenvalue weighted by atomic mass is 19.1. The molecule has 1 heterocycles. The predicted octanol–water partition coefficient (Wildman–Crippen LogP) is 3.09. The molecule has 0 aliphatic carbocycles. The molecule has 0 spiro atoms. The van der Waals surface area contributed by atoms with Crippen molar-refractivity contribution >= 4 is 0 Å². The summed E-state index contributed by atoms with van der Waals surface area (Å²) in [4.78, 5) is 0. The average Bonchev–Trinajstić information content (AvgIpc) is 2.36. The standard InChI is InChI=1S/C14H18FNO/c1-10-6-7-12(15)11(9-10)14(16-2)13-5-3-4-8-17-13/h5-7,9,14,16H,3-4,8H2,1-2H3. The molecule has 1 unspecified atom stereocenters. The third-order valence-corrected chi connectivity index (χ3v) is 3.00. The van der Waals surface area contributed by atoms with Gasteiger partial charge in [-0.05, 0) is 39.0 Å². The number of hydrogen-bond acceptors (Lipinski definition) is 2. The van der Waals surface area contributed by atoms with Gasteiger partial charge in [0.15, 0.2) is 0 Å². The monoisotopic (exact) mass is 235 g/mol. The molecule has 1 aromatic carbocycles. The van der Waals surface area contributed by atoms with E-state index in [1.165, 1.54) is 6.07 Å². The lowest BCUT2D eigenvalue weighted by atomic mass is 10.0. The van der Waals surface area contributed by atoms with Crippen molar-refractivity contribution in [2.75, 3.05) is 13.7 Å². The maximum absolute atomic E-state index is 13.8. The fourth-order valence-electron chi connectivity index (χ4n) is 2.11. The van der Waals surface area contributed by atoms with Crippen molar-refractivity contribution < 1.29 is 9.13 Å². The van der Waals surface area contributed by atoms with Gasteiger partial charge in [0.05, 0.1) is 12.6 Å². The zero-order valence-electron chi connectivity index (χ0n) is 10.3. The largest absolute Gasteiger partial charge is 0.496 e. The molecule has 3 heteroatoms. The maximum atomic E-state index is 13.8. The normalized spacial score (nSPS) is 17.2. The van der Waals surface area contributed by atoms with Crippen LogP contribution in [0.3, 0.4) is 0 Å². The Hall–Kier alpha value is -1.35. The molecule has 1 aromatic rings. The number of benzene rings is 1. The summed E-state index contributed by atoms with van der Waals surface area (Å²) in [6.45, 7) is 2.68. The molecule has 1 aliphatic heterocycles. The minimum absolute atomic E-state index is 0.185. The molecule has 2 rings (SSSR count). The second kappa shape index (κ2) is 5.32. The molecular weight excluding hydrogens is 217 g/mol. The van der Waals surface area contributed by atoms with Crippen LogP contribution in [0.25, 0.3) is 0 Å². The molecule has 0 amide bonds. The second-order valence-corrected chi connectivity index (χ2v) is 4.34. The Balaban J connectivity index is 2.34. The summed E-state index contributed by atoms with van der Waals surface area (Å²) in [6.07, 6.45) is 4.09. The van der Waals surface area contributed by atoms with E-state index in [2.05, 4.69) is 5.32 Å². The summed E-state index contributed by atoms with van der Waals surface area (Å²) in [6, 6.07) is 4.98. The molecule has 17 heavy (non-hydrogen) atoms. The number of halogens is 1. The number of aryl methyl sites for hydroxylation is 1. The van der Waals surface area contributed by atoms with E-state index in [0.29, 0.717) is 5.56 Å². The SMILES string of the molecule is CNC(C1=CCCCO1)c1cc(C)ccc1F. The van der Waals surface area contributed by atoms with Gasteiger partial charge in [-0.25, -0.2) is 4.39 Å². The topological polar surface area (TPSA) is 21.3 Å². The lowest BCUT2D eigenvalue weighted by Gasteiger charge is -2.24. The van der Waals surface area contributed by atoms with Crippen molar-refractivity contribution in [3.63, 3.8) is 0 Å². The zero-order valence-corrected chi connectivity index (χ0v) is 10.3. The van der Waals surface area contributed by atoms with Crippen molar-refractivity contribution in [3.05, 3.63) is 47.0 Å². The molecule has 2 nitrogen and oxygen atoms in total. The number of ether oxygens (including phenoxy) is 1. The first-order chi connectivity index (χ1) is 8.22. The summed E-state index contributed by atoms with van der Waals surface area (Å²) in [5.41, 5.74) is 1.71. The van der Waals surface area contributed by atoms with Gasteiger partial charge in [-0.2, -0.15) is 0 Å². The number of hydrogen-bond donors (Lipinski definition) is 1. The molecule has 0 fully saturated rings. The highest BCUT2D eigenvalue weighted by Gasteiger charge is 2.21. The molecule has 0 radical (unpaired) electrons. The molecule has 0 saturated heterocycles. The van der Waals surface area contributed by atoms with Crippen LogP contribution in [-0.4, -0.2) is 13.7 Å². The first-order valence-corrected chi connectivity index (χ1v) is 5.98. The maximum Gasteiger partial charge on any atom is 0.128 e. The molecule has 0 saturated carbocycles. The van der Waals surface area contributed by atoms with E-state index < -0.39 is 0 Å². The van der Waals surface area contributed by atoms with Crippen molar-refractivity contribution in [3.8, 4) is 0 Å². The van der Waals surface area contributed by atoms with Crippen LogP contribution in [0, 0.1) is 12.7 Å². The third-order valence-electron chi connectivity index (χ3n) is 3.00. The van der Waals surface area contributed by atoms with E-state index in [1.54, 1.807) is 6.07 Å². The molecule has 0 bridgehead atoms. The summed E-state index contributed by atoms with van der Waals surface area (Å²) >= 11 is 0. The van der Waals surface area contributed by atoms with E-state index in [4.69, 9.17) is 4.74 Å². The Kier molecular flexibility index (Phi) is 3.79. The Morgan fingerprint density at radius 1 is 1.41 bits per heavy atom. The van der Waals surface area contributed by atoms with Crippen LogP contribution < -0.4 is 5.32 Å². The zero-order chi connectivity index (χ0) is 12.3. The van der Waals surface area contributed by atoms with Crippen LogP contribution in [-0.2, 0) is 4.74 Å². The molecule has 1 N–H and O–H groups in total. The van der Waals surface area contributed by atoms with Crippen molar-refractivity contribution in [1.82, 2.24) is 5.32 Å². The Labute approximate surface area is 101 Å². The van der Waals surface area contributed by atoms with Gasteiger partial charge in [0.2, 0.25) is 0 Å². The van der Waals surface area contributed by atoms with Gasteiger partial charge in [0, 0.05) is 5.56 Å². The Bertz CT molecular complexity index is 428. The van der Waals surface area contributed by atoms with Crippen molar-refractivity contribution in [2.45, 2.75) is 25.8 Å². The van der Waals surface area contributed by atoms with Crippen LogP contribution in [0.4, 0.5) is 4.39 Å². The fourth-order valence-corrected chi connectivity index (χ4v) is 2.11. The van der Waals surface area contributed by atoms with Gasteiger partial charge in [0.1, 0.15) is 11.6 Å². The first kappa shape index (κ1) is 12.1. The lowest BCUT2D eigenvalue weighted by Crippen LogP contribution is -2.23. The van der Waals surface area contributed by atoms with Crippen LogP contribution in [0.2, 0.25) is 0 Å². The highest BCUT2D eigenvalue weighted by molar-refractivity contribution is 5.31. The summed E-state index contributed by atoms with van der Waals surface area (Å²) < 4.78 is 19.5. The van der Waals surface area contributed by atoms with Gasteiger partial charge in [-0.15, -0.1) is 0 Å². The van der Waals surface area contributed by atoms with Gasteiger partial charge in [-0.3, -0.25) is 0 Å². The molecule has 1 aliphatic rings. The quantitative estimate of drug-likeness (QED) is 0.869. The van der Waals surface area contributed by atoms with E-state index >= 15 is 0 Å². The number of allylic oxidation sites excluding steroid dienone is 1. The number of rotatable bonds is 3. The second-order valence-electron chi connectivity index (χ2n) is 4.34. The van der Waals surface area contributed by atoms with Crippen LogP contribution in [0.15, 0.2) is 30.0 Å². The summed E-state index contributed by atoms with van der Waals surface area (Å²) in [5.74, 6) is 0.647. The molecular formula is C14H18FNO. The van der Waals surface area contributed by atoms with Crippen molar-refractivity contribution in [1.29, 1.82) is 0 Å². The van der Waals surface area contributed by atoms with Crippen molar-refractivity contribution in [2.24, 2.45) is 0 Å². The lowest BCUT2D eigenvalue weighted by molar-refractivity contribution is 0.168. The Morgan fingerprint density at radius 3 is 2.88 bits per heavy atom. The van der Waals surface area contributed by atoms with E-state index in [-0.39, 0.29) is 11.9 Å². The molecule has 92 valence electrons. The van der Waals surface area contributed by atoms with E-state index in [9.17, 15) is 4.39 Å². The Morgan fingerprint density at radius 2 is 2.24 bits per heavy atom. The van der Waals surface area contributed by atoms with E-state index in [1.807, 2.05) is 26.1 Å². The third kappa shape index (κ3) is 2.67. The first-order valence-electron chi connectivity index (χ1n) is 5.98. The molecule has 0 aromatic heterocycles. The van der Waals surface area contributed by atoms with E-state index in [0.717, 1.165) is 30.8 Å². The summed E-state index contributed by atoms with van der Waals surface area (Å²) in [5, 5.41) is 3.12. The average molecular weight is 235 g/mol. The number of nitrogens with one attached hydrogen (secondary N) is 1. The van der Waals surface area contributed by atoms with Crippen LogP contribution in [0.1, 0.15) is 30.0 Å². The minimum Gasteiger partial charge on any atom is -0.496 e. The van der Waals surface area contributed by atoms with Gasteiger partial charge in [-0.1, -0.05) is 17.7 Å². The predicted molar refractivity (Wildman–Crippen MR) is 66.2 cm³/mol. The highest BCUT2D eigenvalue weighted by Crippen LogP contribution is 2.28. The molecule has 1 atom stereocenters. The van der Waals surface area contributed by atoms with Gasteiger partial charge in [0.25, 0.3) is 0 Å². The van der Waals surface area contributed by atoms with Crippen LogP contribution in [0.5, 0.6) is 0 Å².